The van der Waals surface area contributed by atoms with Crippen molar-refractivity contribution in [1.82, 2.24) is 9.78 Å². The largest absolute Gasteiger partial charge is 0.310 e. The van der Waals surface area contributed by atoms with Gasteiger partial charge in [-0.05, 0) is 37.5 Å². The van der Waals surface area contributed by atoms with Crippen LogP contribution in [0.25, 0.3) is 0 Å². The van der Waals surface area contributed by atoms with Crippen LogP contribution in [0.5, 0.6) is 0 Å². The van der Waals surface area contributed by atoms with Crippen molar-refractivity contribution in [2.45, 2.75) is 50.3 Å². The van der Waals surface area contributed by atoms with Gasteiger partial charge >= 0.3 is 0 Å². The summed E-state index contributed by atoms with van der Waals surface area (Å²) in [5.41, 5.74) is 3.00. The molecule has 0 saturated heterocycles. The molecule has 1 saturated carbocycles. The maximum atomic E-state index is 12.4. The lowest BCUT2D eigenvalue weighted by atomic mass is 9.95. The number of aromatic nitrogens is 2. The van der Waals surface area contributed by atoms with Gasteiger partial charge in [0.15, 0.2) is 0 Å². The third-order valence-electron chi connectivity index (χ3n) is 5.20. The summed E-state index contributed by atoms with van der Waals surface area (Å²) in [7, 11) is 0. The Balaban J connectivity index is 1.82. The molecule has 1 atom stereocenters. The number of amides is 1. The number of fused-ring (bicyclic) bond motifs is 1. The van der Waals surface area contributed by atoms with Gasteiger partial charge < -0.3 is 5.32 Å². The Kier molecular flexibility index (Phi) is 5.22. The van der Waals surface area contributed by atoms with E-state index in [0.717, 1.165) is 35.5 Å². The van der Waals surface area contributed by atoms with Crippen molar-refractivity contribution in [3.05, 3.63) is 45.1 Å². The fourth-order valence-electron chi connectivity index (χ4n) is 3.96. The Bertz CT molecular complexity index is 846. The number of hydrogen-bond acceptors (Lipinski definition) is 3. The summed E-state index contributed by atoms with van der Waals surface area (Å²) in [4.78, 5) is 12.4. The topological polar surface area (TPSA) is 46.9 Å². The number of halogens is 2. The van der Waals surface area contributed by atoms with Crippen LogP contribution in [0.3, 0.4) is 0 Å². The van der Waals surface area contributed by atoms with Crippen molar-refractivity contribution in [3.63, 3.8) is 0 Å². The van der Waals surface area contributed by atoms with E-state index in [9.17, 15) is 4.79 Å². The number of carbonyl (C=O) groups is 1. The van der Waals surface area contributed by atoms with Crippen LogP contribution < -0.4 is 5.32 Å². The van der Waals surface area contributed by atoms with E-state index in [1.54, 1.807) is 17.8 Å². The molecular weight excluding hydrogens is 389 g/mol. The minimum Gasteiger partial charge on any atom is -0.310 e. The Morgan fingerprint density at radius 2 is 2.00 bits per heavy atom. The van der Waals surface area contributed by atoms with Gasteiger partial charge in [0.25, 0.3) is 0 Å². The van der Waals surface area contributed by atoms with Gasteiger partial charge in [-0.3, -0.25) is 4.79 Å². The molecule has 4 nitrogen and oxygen atoms in total. The maximum absolute atomic E-state index is 12.4. The first-order valence-corrected chi connectivity index (χ1v) is 10.8. The molecule has 0 unspecified atom stereocenters. The highest BCUT2D eigenvalue weighted by molar-refractivity contribution is 8.00. The fourth-order valence-corrected chi connectivity index (χ4v) is 5.76. The first-order chi connectivity index (χ1) is 12.5. The Morgan fingerprint density at radius 3 is 2.73 bits per heavy atom. The summed E-state index contributed by atoms with van der Waals surface area (Å²) in [5, 5.41) is 9.15. The Hall–Kier alpha value is -1.17. The smallest absolute Gasteiger partial charge is 0.235 e. The van der Waals surface area contributed by atoms with Gasteiger partial charge in [0, 0.05) is 15.6 Å². The molecule has 1 N–H and O–H groups in total. The molecule has 0 radical (unpaired) electrons. The highest BCUT2D eigenvalue weighted by Crippen LogP contribution is 2.47. The summed E-state index contributed by atoms with van der Waals surface area (Å²) in [6.45, 7) is 2.02. The van der Waals surface area contributed by atoms with Crippen LogP contribution >= 0.6 is 35.0 Å². The van der Waals surface area contributed by atoms with E-state index < -0.39 is 0 Å². The number of carbonyl (C=O) groups excluding carboxylic acids is 1. The van der Waals surface area contributed by atoms with Gasteiger partial charge in [-0.1, -0.05) is 48.5 Å². The fraction of sp³-hybridized carbons (Fsp3) is 0.474. The zero-order valence-electron chi connectivity index (χ0n) is 14.6. The van der Waals surface area contributed by atoms with E-state index in [2.05, 4.69) is 10.00 Å². The molecule has 1 aliphatic heterocycles. The summed E-state index contributed by atoms with van der Waals surface area (Å²) in [5.74, 6) is 1.25. The average Bonchev–Trinajstić information content (AvgIpc) is 2.83. The molecule has 4 rings (SSSR count). The number of anilines is 1. The SMILES string of the molecule is Cc1nn(C2CCCCC2)c2c1[C@@H](c1ccc(Cl)cc1Cl)SCC(=O)N2. The third-order valence-corrected chi connectivity index (χ3v) is 7.01. The lowest BCUT2D eigenvalue weighted by molar-refractivity contribution is -0.113. The lowest BCUT2D eigenvalue weighted by Gasteiger charge is -2.24. The number of nitrogens with zero attached hydrogens (tertiary/aromatic N) is 2. The zero-order valence-corrected chi connectivity index (χ0v) is 16.9. The molecule has 1 aromatic carbocycles. The van der Waals surface area contributed by atoms with Crippen molar-refractivity contribution in [2.75, 3.05) is 11.1 Å². The Labute approximate surface area is 167 Å². The van der Waals surface area contributed by atoms with Crippen LogP contribution in [0.4, 0.5) is 5.82 Å². The first-order valence-electron chi connectivity index (χ1n) is 9.00. The van der Waals surface area contributed by atoms with E-state index in [0.29, 0.717) is 21.8 Å². The minimum atomic E-state index is -0.0361. The van der Waals surface area contributed by atoms with Crippen LogP contribution in [0.2, 0.25) is 10.0 Å². The molecule has 2 aliphatic rings. The predicted molar refractivity (Wildman–Crippen MR) is 108 cm³/mol. The molecule has 7 heteroatoms. The van der Waals surface area contributed by atoms with Gasteiger partial charge in [0.2, 0.25) is 5.91 Å². The molecule has 0 spiro atoms. The number of nitrogens with one attached hydrogen (secondary N) is 1. The Morgan fingerprint density at radius 1 is 1.23 bits per heavy atom. The minimum absolute atomic E-state index is 0.0146. The monoisotopic (exact) mass is 409 g/mol. The highest BCUT2D eigenvalue weighted by Gasteiger charge is 2.33. The van der Waals surface area contributed by atoms with Crippen LogP contribution in [0.1, 0.15) is 60.2 Å². The number of rotatable bonds is 2. The lowest BCUT2D eigenvalue weighted by Crippen LogP contribution is -2.20. The van der Waals surface area contributed by atoms with Crippen LogP contribution in [-0.2, 0) is 4.79 Å². The molecule has 2 heterocycles. The summed E-state index contributed by atoms with van der Waals surface area (Å²) in [6, 6.07) is 5.93. The third kappa shape index (κ3) is 3.37. The number of hydrogen-bond donors (Lipinski definition) is 1. The predicted octanol–water partition coefficient (Wildman–Crippen LogP) is 5.78. The summed E-state index contributed by atoms with van der Waals surface area (Å²) < 4.78 is 2.06. The zero-order chi connectivity index (χ0) is 18.3. The van der Waals surface area contributed by atoms with E-state index >= 15 is 0 Å². The van der Waals surface area contributed by atoms with Crippen molar-refractivity contribution < 1.29 is 4.79 Å². The second kappa shape index (κ2) is 7.45. The van der Waals surface area contributed by atoms with Crippen molar-refractivity contribution >= 4 is 46.7 Å². The molecule has 1 amide bonds. The van der Waals surface area contributed by atoms with Crippen molar-refractivity contribution in [1.29, 1.82) is 0 Å². The quantitative estimate of drug-likeness (QED) is 0.683. The van der Waals surface area contributed by atoms with E-state index in [-0.39, 0.29) is 11.2 Å². The van der Waals surface area contributed by atoms with Gasteiger partial charge in [0.1, 0.15) is 5.82 Å². The number of aryl methyl sites for hydroxylation is 1. The van der Waals surface area contributed by atoms with Gasteiger partial charge in [0.05, 0.1) is 22.7 Å². The van der Waals surface area contributed by atoms with Crippen LogP contribution in [0, 0.1) is 6.92 Å². The van der Waals surface area contributed by atoms with Gasteiger partial charge in [-0.15, -0.1) is 11.8 Å². The average molecular weight is 410 g/mol. The number of benzene rings is 1. The standard InChI is InChI=1S/C19H21Cl2N3OS/c1-11-17-18(14-8-7-12(20)9-15(14)21)26-10-16(25)22-19(17)24(23-11)13-5-3-2-4-6-13/h7-9,13,18H,2-6,10H2,1H3,(H,22,25)/t18-/m1/s1. The molecule has 2 aromatic rings. The maximum Gasteiger partial charge on any atom is 0.235 e. The highest BCUT2D eigenvalue weighted by atomic mass is 35.5. The van der Waals surface area contributed by atoms with Crippen LogP contribution in [-0.4, -0.2) is 21.4 Å². The molecule has 26 heavy (non-hydrogen) atoms. The van der Waals surface area contributed by atoms with Gasteiger partial charge in [-0.25, -0.2) is 4.68 Å². The molecule has 1 aromatic heterocycles. The van der Waals surface area contributed by atoms with Crippen molar-refractivity contribution in [2.24, 2.45) is 0 Å². The number of thioether (sulfide) groups is 1. The second-order valence-electron chi connectivity index (χ2n) is 6.99. The van der Waals surface area contributed by atoms with Crippen molar-refractivity contribution in [3.8, 4) is 0 Å². The molecule has 1 fully saturated rings. The first kappa shape index (κ1) is 18.2. The molecule has 0 bridgehead atoms. The van der Waals surface area contributed by atoms with Gasteiger partial charge in [-0.2, -0.15) is 5.10 Å². The molecule has 138 valence electrons. The summed E-state index contributed by atoms with van der Waals surface area (Å²) in [6.07, 6.45) is 5.94. The summed E-state index contributed by atoms with van der Waals surface area (Å²) >= 11 is 14.2. The van der Waals surface area contributed by atoms with E-state index in [4.69, 9.17) is 28.3 Å². The van der Waals surface area contributed by atoms with E-state index in [1.165, 1.54) is 19.3 Å². The molecule has 1 aliphatic carbocycles. The second-order valence-corrected chi connectivity index (χ2v) is 8.93. The van der Waals surface area contributed by atoms with Crippen LogP contribution in [0.15, 0.2) is 18.2 Å². The molecular formula is C19H21Cl2N3OS. The van der Waals surface area contributed by atoms with E-state index in [1.807, 2.05) is 19.1 Å². The normalized spacial score (nSPS) is 21.2.